The van der Waals surface area contributed by atoms with Crippen molar-refractivity contribution in [2.45, 2.75) is 57.8 Å². The fourth-order valence-electron chi connectivity index (χ4n) is 2.56. The molecule has 2 rings (SSSR count). The van der Waals surface area contributed by atoms with Crippen molar-refractivity contribution in [1.29, 1.82) is 0 Å². The Kier molecular flexibility index (Phi) is 7.07. The van der Waals surface area contributed by atoms with Gasteiger partial charge in [0.25, 0.3) is 0 Å². The Morgan fingerprint density at radius 1 is 1.57 bits per heavy atom. The number of nitrogens with zero attached hydrogens (tertiary/aromatic N) is 3. The predicted octanol–water partition coefficient (Wildman–Crippen LogP) is 0.214. The Morgan fingerprint density at radius 3 is 3.00 bits per heavy atom. The van der Waals surface area contributed by atoms with E-state index in [2.05, 4.69) is 22.4 Å². The minimum Gasteiger partial charge on any atom is -0.391 e. The largest absolute Gasteiger partial charge is 0.391 e. The highest BCUT2D eigenvalue weighted by molar-refractivity contribution is 5.85. The number of hydrogen-bond donors (Lipinski definition) is 3. The lowest BCUT2D eigenvalue weighted by atomic mass is 9.84. The highest BCUT2D eigenvalue weighted by atomic mass is 35.5. The van der Waals surface area contributed by atoms with Gasteiger partial charge >= 0.3 is 0 Å². The van der Waals surface area contributed by atoms with Crippen LogP contribution in [0.1, 0.15) is 38.4 Å². The van der Waals surface area contributed by atoms with Gasteiger partial charge in [0.15, 0.2) is 5.82 Å². The maximum absolute atomic E-state index is 12.1. The zero-order valence-electron chi connectivity index (χ0n) is 12.2. The Labute approximate surface area is 130 Å². The van der Waals surface area contributed by atoms with Crippen LogP contribution in [0.25, 0.3) is 0 Å². The smallest absolute Gasteiger partial charge is 0.223 e. The molecule has 8 heteroatoms. The van der Waals surface area contributed by atoms with Gasteiger partial charge in [-0.25, -0.2) is 0 Å². The van der Waals surface area contributed by atoms with Crippen LogP contribution >= 0.6 is 12.4 Å². The lowest BCUT2D eigenvalue weighted by Gasteiger charge is -2.29. The summed E-state index contributed by atoms with van der Waals surface area (Å²) in [6, 6.07) is -0.202. The molecule has 120 valence electrons. The van der Waals surface area contributed by atoms with Crippen molar-refractivity contribution in [2.75, 3.05) is 0 Å². The Bertz CT molecular complexity index is 454. The summed E-state index contributed by atoms with van der Waals surface area (Å²) in [7, 11) is 0. The van der Waals surface area contributed by atoms with Crippen molar-refractivity contribution in [3.63, 3.8) is 0 Å². The molecule has 0 spiro atoms. The van der Waals surface area contributed by atoms with E-state index in [4.69, 9.17) is 5.73 Å². The molecule has 1 heterocycles. The first-order valence-corrected chi connectivity index (χ1v) is 7.19. The number of aliphatic hydroxyl groups is 1. The fraction of sp³-hybridized carbons (Fsp3) is 0.769. The van der Waals surface area contributed by atoms with Crippen molar-refractivity contribution in [3.05, 3.63) is 12.2 Å². The second-order valence-corrected chi connectivity index (χ2v) is 5.40. The minimum absolute atomic E-state index is 0. The number of nitrogens with one attached hydrogen (secondary N) is 1. The van der Waals surface area contributed by atoms with E-state index in [1.165, 1.54) is 0 Å². The zero-order chi connectivity index (χ0) is 14.5. The minimum atomic E-state index is -0.580. The number of aromatic nitrogens is 3. The number of amides is 1. The third kappa shape index (κ3) is 4.66. The van der Waals surface area contributed by atoms with Gasteiger partial charge in [-0.2, -0.15) is 0 Å². The lowest BCUT2D eigenvalue weighted by Crippen LogP contribution is -2.44. The standard InChI is InChI=1S/C13H23N5O2.ClH/c1-2-5-18-8-16-17-12(18)7-15-13(20)9-3-4-10(14)11(19)6-9;/h8-11,19H,2-7,14H2,1H3,(H,15,20);1H/t9-,10-,11-;/m0./s1. The highest BCUT2D eigenvalue weighted by Crippen LogP contribution is 2.23. The van der Waals surface area contributed by atoms with Gasteiger partial charge in [-0.15, -0.1) is 22.6 Å². The molecule has 0 bridgehead atoms. The Morgan fingerprint density at radius 2 is 2.33 bits per heavy atom. The van der Waals surface area contributed by atoms with Gasteiger partial charge in [-0.3, -0.25) is 4.79 Å². The number of aliphatic hydroxyl groups excluding tert-OH is 1. The average Bonchev–Trinajstić information content (AvgIpc) is 2.87. The third-order valence-corrected chi connectivity index (χ3v) is 3.82. The summed E-state index contributed by atoms with van der Waals surface area (Å²) in [5.41, 5.74) is 5.74. The number of halogens is 1. The van der Waals surface area contributed by atoms with Crippen LogP contribution in [0.4, 0.5) is 0 Å². The SMILES string of the molecule is CCCn1cnnc1CNC(=O)[C@H]1CC[C@H](N)[C@@H](O)C1.Cl. The van der Waals surface area contributed by atoms with Crippen LogP contribution < -0.4 is 11.1 Å². The van der Waals surface area contributed by atoms with Crippen LogP contribution in [0.2, 0.25) is 0 Å². The van der Waals surface area contributed by atoms with Crippen LogP contribution in [0.3, 0.4) is 0 Å². The van der Waals surface area contributed by atoms with E-state index in [1.807, 2.05) is 4.57 Å². The van der Waals surface area contributed by atoms with Gasteiger partial charge in [0.05, 0.1) is 12.6 Å². The summed E-state index contributed by atoms with van der Waals surface area (Å²) >= 11 is 0. The van der Waals surface area contributed by atoms with Gasteiger partial charge < -0.3 is 20.7 Å². The number of hydrogen-bond acceptors (Lipinski definition) is 5. The molecule has 4 N–H and O–H groups in total. The first-order valence-electron chi connectivity index (χ1n) is 7.19. The van der Waals surface area contributed by atoms with Crippen LogP contribution in [0.15, 0.2) is 6.33 Å². The highest BCUT2D eigenvalue weighted by Gasteiger charge is 2.30. The molecule has 1 fully saturated rings. The molecule has 0 saturated heterocycles. The van der Waals surface area contributed by atoms with Crippen LogP contribution in [0, 0.1) is 5.92 Å². The van der Waals surface area contributed by atoms with Crippen molar-refractivity contribution >= 4 is 18.3 Å². The molecule has 1 aliphatic rings. The number of rotatable bonds is 5. The number of aryl methyl sites for hydroxylation is 1. The molecule has 21 heavy (non-hydrogen) atoms. The van der Waals surface area contributed by atoms with E-state index in [0.717, 1.165) is 25.2 Å². The summed E-state index contributed by atoms with van der Waals surface area (Å²) in [5, 5.41) is 20.5. The summed E-state index contributed by atoms with van der Waals surface area (Å²) in [5.74, 6) is 0.558. The van der Waals surface area contributed by atoms with E-state index < -0.39 is 6.10 Å². The molecule has 0 unspecified atom stereocenters. The molecule has 3 atom stereocenters. The molecule has 1 saturated carbocycles. The quantitative estimate of drug-likeness (QED) is 0.720. The Hall–Kier alpha value is -1.18. The van der Waals surface area contributed by atoms with Gasteiger partial charge in [-0.05, 0) is 25.7 Å². The van der Waals surface area contributed by atoms with Crippen molar-refractivity contribution < 1.29 is 9.90 Å². The zero-order valence-corrected chi connectivity index (χ0v) is 13.1. The van der Waals surface area contributed by atoms with Gasteiger partial charge in [0.2, 0.25) is 5.91 Å². The molecule has 0 aliphatic heterocycles. The van der Waals surface area contributed by atoms with E-state index in [1.54, 1.807) is 6.33 Å². The molecule has 1 aromatic rings. The maximum Gasteiger partial charge on any atom is 0.223 e. The maximum atomic E-state index is 12.1. The second kappa shape index (κ2) is 8.31. The van der Waals surface area contributed by atoms with Crippen molar-refractivity contribution in [3.8, 4) is 0 Å². The van der Waals surface area contributed by atoms with E-state index >= 15 is 0 Å². The first-order chi connectivity index (χ1) is 9.61. The fourth-order valence-corrected chi connectivity index (χ4v) is 2.56. The molecule has 7 nitrogen and oxygen atoms in total. The van der Waals surface area contributed by atoms with Crippen LogP contribution in [0.5, 0.6) is 0 Å². The molecular formula is C13H24ClN5O2. The molecule has 0 radical (unpaired) electrons. The summed E-state index contributed by atoms with van der Waals surface area (Å²) in [6.07, 6.45) is 3.94. The third-order valence-electron chi connectivity index (χ3n) is 3.82. The normalized spacial score (nSPS) is 25.2. The van der Waals surface area contributed by atoms with E-state index in [0.29, 0.717) is 19.4 Å². The number of carbonyl (C=O) groups excluding carboxylic acids is 1. The average molecular weight is 318 g/mol. The van der Waals surface area contributed by atoms with Crippen LogP contribution in [-0.4, -0.2) is 37.9 Å². The van der Waals surface area contributed by atoms with Crippen LogP contribution in [-0.2, 0) is 17.9 Å². The van der Waals surface area contributed by atoms with Gasteiger partial charge in [0, 0.05) is 18.5 Å². The van der Waals surface area contributed by atoms with Gasteiger partial charge in [0.1, 0.15) is 6.33 Å². The number of carbonyl (C=O) groups is 1. The molecular weight excluding hydrogens is 294 g/mol. The second-order valence-electron chi connectivity index (χ2n) is 5.40. The summed E-state index contributed by atoms with van der Waals surface area (Å²) < 4.78 is 1.94. The first kappa shape index (κ1) is 17.9. The Balaban J connectivity index is 0.00000220. The number of nitrogens with two attached hydrogens (primary N) is 1. The summed E-state index contributed by atoms with van der Waals surface area (Å²) in [4.78, 5) is 12.1. The summed E-state index contributed by atoms with van der Waals surface area (Å²) in [6.45, 7) is 3.29. The van der Waals surface area contributed by atoms with E-state index in [-0.39, 0.29) is 30.3 Å². The van der Waals surface area contributed by atoms with Gasteiger partial charge in [-0.1, -0.05) is 6.92 Å². The molecule has 1 aromatic heterocycles. The van der Waals surface area contributed by atoms with Crippen molar-refractivity contribution in [2.24, 2.45) is 11.7 Å². The van der Waals surface area contributed by atoms with Crippen molar-refractivity contribution in [1.82, 2.24) is 20.1 Å². The molecule has 1 amide bonds. The molecule has 1 aliphatic carbocycles. The monoisotopic (exact) mass is 317 g/mol. The predicted molar refractivity (Wildman–Crippen MR) is 80.7 cm³/mol. The topological polar surface area (TPSA) is 106 Å². The van der Waals surface area contributed by atoms with E-state index in [9.17, 15) is 9.90 Å². The molecule has 0 aromatic carbocycles. The lowest BCUT2D eigenvalue weighted by molar-refractivity contribution is -0.127.